The van der Waals surface area contributed by atoms with E-state index in [1.165, 1.54) is 90.0 Å². The third kappa shape index (κ3) is 17.9. The minimum absolute atomic E-state index is 0.0333. The number of nitrogens with one attached hydrogen (secondary N) is 1. The summed E-state index contributed by atoms with van der Waals surface area (Å²) in [6, 6.07) is 0. The van der Waals surface area contributed by atoms with Gasteiger partial charge >= 0.3 is 0 Å². The summed E-state index contributed by atoms with van der Waals surface area (Å²) in [6.07, 6.45) is 19.3. The van der Waals surface area contributed by atoms with Crippen LogP contribution in [0.5, 0.6) is 0 Å². The normalized spacial score (nSPS) is 12.7. The smallest absolute Gasteiger partial charge is 0.0540 e. The number of aliphatic hydroxyl groups is 1. The molecule has 0 rings (SSSR count). The summed E-state index contributed by atoms with van der Waals surface area (Å²) in [7, 11) is 2.03. The summed E-state index contributed by atoms with van der Waals surface area (Å²) in [5.74, 6) is 0. The van der Waals surface area contributed by atoms with E-state index >= 15 is 0 Å². The van der Waals surface area contributed by atoms with Crippen molar-refractivity contribution in [2.24, 2.45) is 0 Å². The van der Waals surface area contributed by atoms with E-state index in [0.29, 0.717) is 0 Å². The first kappa shape index (κ1) is 20.9. The second-order valence-corrected chi connectivity index (χ2v) is 6.58. The molecule has 0 aromatic carbocycles. The van der Waals surface area contributed by atoms with Crippen molar-refractivity contribution in [2.45, 2.75) is 109 Å². The van der Waals surface area contributed by atoms with Gasteiger partial charge in [-0.25, -0.2) is 0 Å². The lowest BCUT2D eigenvalue weighted by molar-refractivity contribution is 0.147. The van der Waals surface area contributed by atoms with Crippen molar-refractivity contribution < 1.29 is 5.11 Å². The lowest BCUT2D eigenvalue weighted by atomic mass is 10.0. The van der Waals surface area contributed by atoms with E-state index in [-0.39, 0.29) is 6.10 Å². The molecule has 0 radical (unpaired) electrons. The third-order valence-electron chi connectivity index (χ3n) is 4.36. The van der Waals surface area contributed by atoms with Crippen LogP contribution >= 0.6 is 0 Å². The van der Waals surface area contributed by atoms with Gasteiger partial charge in [-0.1, -0.05) is 84.0 Å². The van der Waals surface area contributed by atoms with Gasteiger partial charge in [0, 0.05) is 0 Å². The van der Waals surface area contributed by atoms with Crippen molar-refractivity contribution in [1.29, 1.82) is 0 Å². The first-order valence-electron chi connectivity index (χ1n) is 9.64. The van der Waals surface area contributed by atoms with Crippen molar-refractivity contribution in [3.8, 4) is 0 Å². The van der Waals surface area contributed by atoms with Crippen molar-refractivity contribution in [3.05, 3.63) is 0 Å². The van der Waals surface area contributed by atoms with Crippen molar-refractivity contribution in [1.82, 2.24) is 5.32 Å². The first-order chi connectivity index (χ1) is 10.3. The highest BCUT2D eigenvalue weighted by molar-refractivity contribution is 4.57. The molecule has 2 heteroatoms. The van der Waals surface area contributed by atoms with Gasteiger partial charge in [0.1, 0.15) is 0 Å². The molecule has 0 spiro atoms. The summed E-state index contributed by atoms with van der Waals surface area (Å²) >= 11 is 0. The zero-order chi connectivity index (χ0) is 15.6. The van der Waals surface area contributed by atoms with Gasteiger partial charge in [0.15, 0.2) is 0 Å². The predicted octanol–water partition coefficient (Wildman–Crippen LogP) is 5.44. The van der Waals surface area contributed by atoms with E-state index in [0.717, 1.165) is 12.8 Å². The van der Waals surface area contributed by atoms with Crippen LogP contribution in [0.15, 0.2) is 0 Å². The van der Waals surface area contributed by atoms with E-state index in [2.05, 4.69) is 12.2 Å². The Kier molecular flexibility index (Phi) is 17.9. The standard InChI is InChI=1S/C19H41NO/c1-3-4-5-13-16-19(21)17-14-11-9-7-6-8-10-12-15-18-20-2/h19-21H,3-18H2,1-2H3. The van der Waals surface area contributed by atoms with Gasteiger partial charge < -0.3 is 10.4 Å². The molecule has 2 N–H and O–H groups in total. The summed E-state index contributed by atoms with van der Waals surface area (Å²) in [6.45, 7) is 3.40. The molecule has 0 aromatic rings. The van der Waals surface area contributed by atoms with Crippen LogP contribution in [0.1, 0.15) is 103 Å². The Morgan fingerprint density at radius 2 is 1.10 bits per heavy atom. The molecule has 0 heterocycles. The quantitative estimate of drug-likeness (QED) is 0.351. The number of hydrogen-bond acceptors (Lipinski definition) is 2. The van der Waals surface area contributed by atoms with Gasteiger partial charge in [-0.15, -0.1) is 0 Å². The zero-order valence-corrected chi connectivity index (χ0v) is 14.8. The van der Waals surface area contributed by atoms with Crippen molar-refractivity contribution in [3.63, 3.8) is 0 Å². The number of hydrogen-bond donors (Lipinski definition) is 2. The highest BCUT2D eigenvalue weighted by Crippen LogP contribution is 2.14. The Morgan fingerprint density at radius 1 is 0.667 bits per heavy atom. The molecular formula is C19H41NO. The van der Waals surface area contributed by atoms with Gasteiger partial charge in [-0.05, 0) is 32.9 Å². The van der Waals surface area contributed by atoms with Crippen LogP contribution < -0.4 is 5.32 Å². The summed E-state index contributed by atoms with van der Waals surface area (Å²) in [5.41, 5.74) is 0. The second kappa shape index (κ2) is 18.0. The molecule has 0 aliphatic rings. The fourth-order valence-corrected chi connectivity index (χ4v) is 2.87. The third-order valence-corrected chi connectivity index (χ3v) is 4.36. The Labute approximate surface area is 134 Å². The molecule has 0 aromatic heterocycles. The molecular weight excluding hydrogens is 258 g/mol. The first-order valence-corrected chi connectivity index (χ1v) is 9.64. The number of unbranched alkanes of at least 4 members (excludes halogenated alkanes) is 11. The fourth-order valence-electron chi connectivity index (χ4n) is 2.87. The Bertz CT molecular complexity index is 184. The molecule has 21 heavy (non-hydrogen) atoms. The average Bonchev–Trinajstić information content (AvgIpc) is 2.49. The van der Waals surface area contributed by atoms with Crippen LogP contribution in [0.25, 0.3) is 0 Å². The highest BCUT2D eigenvalue weighted by atomic mass is 16.3. The molecule has 0 bridgehead atoms. The Morgan fingerprint density at radius 3 is 1.57 bits per heavy atom. The van der Waals surface area contributed by atoms with E-state index in [9.17, 15) is 5.11 Å². The fraction of sp³-hybridized carbons (Fsp3) is 1.00. The van der Waals surface area contributed by atoms with Crippen molar-refractivity contribution >= 4 is 0 Å². The molecule has 0 aliphatic heterocycles. The number of aliphatic hydroxyl groups excluding tert-OH is 1. The maximum Gasteiger partial charge on any atom is 0.0540 e. The monoisotopic (exact) mass is 299 g/mol. The molecule has 0 fully saturated rings. The molecule has 1 unspecified atom stereocenters. The van der Waals surface area contributed by atoms with Crippen LogP contribution in [0.2, 0.25) is 0 Å². The number of rotatable bonds is 17. The molecule has 2 nitrogen and oxygen atoms in total. The van der Waals surface area contributed by atoms with Gasteiger partial charge in [0.2, 0.25) is 0 Å². The molecule has 1 atom stereocenters. The summed E-state index contributed by atoms with van der Waals surface area (Å²) in [5, 5.41) is 13.1. The predicted molar refractivity (Wildman–Crippen MR) is 94.9 cm³/mol. The lowest BCUT2D eigenvalue weighted by Crippen LogP contribution is -2.06. The second-order valence-electron chi connectivity index (χ2n) is 6.58. The van der Waals surface area contributed by atoms with Gasteiger partial charge in [0.25, 0.3) is 0 Å². The SMILES string of the molecule is CCCCCCC(O)CCCCCCCCCCCNC. The van der Waals surface area contributed by atoms with Crippen LogP contribution in [-0.4, -0.2) is 24.8 Å². The lowest BCUT2D eigenvalue weighted by Gasteiger charge is -2.10. The Balaban J connectivity index is 3.07. The summed E-state index contributed by atoms with van der Waals surface area (Å²) in [4.78, 5) is 0. The van der Waals surface area contributed by atoms with Gasteiger partial charge in [0.05, 0.1) is 6.10 Å². The Hall–Kier alpha value is -0.0800. The van der Waals surface area contributed by atoms with Crippen molar-refractivity contribution in [2.75, 3.05) is 13.6 Å². The van der Waals surface area contributed by atoms with Gasteiger partial charge in [-0.3, -0.25) is 0 Å². The van der Waals surface area contributed by atoms with E-state index in [4.69, 9.17) is 0 Å². The van der Waals surface area contributed by atoms with E-state index in [1.807, 2.05) is 7.05 Å². The van der Waals surface area contributed by atoms with Crippen LogP contribution in [0, 0.1) is 0 Å². The minimum Gasteiger partial charge on any atom is -0.393 e. The highest BCUT2D eigenvalue weighted by Gasteiger charge is 2.03. The van der Waals surface area contributed by atoms with Gasteiger partial charge in [-0.2, -0.15) is 0 Å². The molecule has 0 amide bonds. The molecule has 0 saturated heterocycles. The zero-order valence-electron chi connectivity index (χ0n) is 14.8. The summed E-state index contributed by atoms with van der Waals surface area (Å²) < 4.78 is 0. The minimum atomic E-state index is -0.0333. The molecule has 0 saturated carbocycles. The maximum atomic E-state index is 9.89. The van der Waals surface area contributed by atoms with Crippen LogP contribution in [0.4, 0.5) is 0 Å². The average molecular weight is 300 g/mol. The molecule has 0 aliphatic carbocycles. The molecule has 128 valence electrons. The van der Waals surface area contributed by atoms with E-state index < -0.39 is 0 Å². The van der Waals surface area contributed by atoms with E-state index in [1.54, 1.807) is 0 Å². The topological polar surface area (TPSA) is 32.3 Å². The van der Waals surface area contributed by atoms with Crippen LogP contribution in [0.3, 0.4) is 0 Å². The van der Waals surface area contributed by atoms with Crippen LogP contribution in [-0.2, 0) is 0 Å². The maximum absolute atomic E-state index is 9.89. The largest absolute Gasteiger partial charge is 0.393 e.